The van der Waals surface area contributed by atoms with Gasteiger partial charge in [0.1, 0.15) is 5.15 Å². The monoisotopic (exact) mass is 351 g/mol. The Morgan fingerprint density at radius 1 is 1.17 bits per heavy atom. The quantitative estimate of drug-likeness (QED) is 0.758. The van der Waals surface area contributed by atoms with E-state index in [1.54, 1.807) is 12.3 Å². The summed E-state index contributed by atoms with van der Waals surface area (Å²) in [6.45, 7) is 0. The number of halogens is 1. The van der Waals surface area contributed by atoms with Crippen LogP contribution in [0.2, 0.25) is 5.15 Å². The number of ketones is 1. The molecule has 124 valence electrons. The van der Waals surface area contributed by atoms with Crippen LogP contribution >= 0.6 is 11.6 Å². The molecule has 4 bridgehead atoms. The van der Waals surface area contributed by atoms with Crippen molar-refractivity contribution in [3.05, 3.63) is 29.0 Å². The van der Waals surface area contributed by atoms with Gasteiger partial charge in [0.2, 0.25) is 0 Å². The number of carbonyl (C=O) groups is 1. The molecule has 5 rings (SSSR count). The normalized spacial score (nSPS) is 36.1. The summed E-state index contributed by atoms with van der Waals surface area (Å²) in [6.07, 6.45) is 8.78. The van der Waals surface area contributed by atoms with Gasteiger partial charge in [0, 0.05) is 22.4 Å². The highest BCUT2D eigenvalue weighted by molar-refractivity contribution is 7.84. The fraction of sp³-hybridized carbons (Fsp3) is 0.667. The van der Waals surface area contributed by atoms with Gasteiger partial charge in [-0.2, -0.15) is 0 Å². The van der Waals surface area contributed by atoms with Crippen LogP contribution in [0.3, 0.4) is 0 Å². The third kappa shape index (κ3) is 3.12. The van der Waals surface area contributed by atoms with Crippen LogP contribution in [0.5, 0.6) is 0 Å². The van der Waals surface area contributed by atoms with Crippen LogP contribution in [0.25, 0.3) is 0 Å². The van der Waals surface area contributed by atoms with Crippen LogP contribution in [0, 0.1) is 23.2 Å². The molecule has 0 aliphatic heterocycles. The Morgan fingerprint density at radius 2 is 1.78 bits per heavy atom. The second-order valence-corrected chi connectivity index (χ2v) is 9.68. The minimum atomic E-state index is -1.15. The molecule has 0 saturated heterocycles. The molecule has 1 heterocycles. The summed E-state index contributed by atoms with van der Waals surface area (Å²) in [5.74, 6) is 3.10. The van der Waals surface area contributed by atoms with E-state index in [1.165, 1.54) is 19.3 Å². The first kappa shape index (κ1) is 15.8. The summed E-state index contributed by atoms with van der Waals surface area (Å²) >= 11 is 5.77. The molecule has 23 heavy (non-hydrogen) atoms. The van der Waals surface area contributed by atoms with E-state index in [2.05, 4.69) is 4.98 Å². The SMILES string of the molecule is O=C(CS(=O)Cc1ccc(Cl)nc1)C12CC3CC(CC(C3)C1)C2. The zero-order valence-corrected chi connectivity index (χ0v) is 14.7. The highest BCUT2D eigenvalue weighted by Crippen LogP contribution is 2.60. The third-order valence-corrected chi connectivity index (χ3v) is 7.50. The molecule has 5 heteroatoms. The molecule has 0 aromatic carbocycles. The van der Waals surface area contributed by atoms with Crippen LogP contribution in [0.1, 0.15) is 44.1 Å². The van der Waals surface area contributed by atoms with Gasteiger partial charge in [0.05, 0.1) is 11.5 Å². The van der Waals surface area contributed by atoms with E-state index in [1.807, 2.05) is 6.07 Å². The molecular weight excluding hydrogens is 330 g/mol. The molecule has 4 aliphatic carbocycles. The fourth-order valence-electron chi connectivity index (χ4n) is 5.48. The fourth-order valence-corrected chi connectivity index (χ4v) is 6.84. The molecule has 4 fully saturated rings. The van der Waals surface area contributed by atoms with Crippen molar-refractivity contribution < 1.29 is 9.00 Å². The summed E-state index contributed by atoms with van der Waals surface area (Å²) in [5.41, 5.74) is 0.744. The predicted octanol–water partition coefficient (Wildman–Crippen LogP) is 3.77. The van der Waals surface area contributed by atoms with Crippen molar-refractivity contribution in [2.75, 3.05) is 5.75 Å². The number of carbonyl (C=O) groups excluding carboxylic acids is 1. The third-order valence-electron chi connectivity index (χ3n) is 6.04. The lowest BCUT2D eigenvalue weighted by Gasteiger charge is -2.56. The molecule has 0 amide bonds. The number of hydrogen-bond donors (Lipinski definition) is 0. The lowest BCUT2D eigenvalue weighted by atomic mass is 9.48. The molecule has 3 nitrogen and oxygen atoms in total. The van der Waals surface area contributed by atoms with Gasteiger partial charge in [-0.15, -0.1) is 0 Å². The summed E-state index contributed by atoms with van der Waals surface area (Å²) in [5, 5.41) is 0.434. The molecule has 1 aromatic rings. The minimum absolute atomic E-state index is 0.136. The van der Waals surface area contributed by atoms with Gasteiger partial charge in [0.25, 0.3) is 0 Å². The first-order valence-electron chi connectivity index (χ1n) is 8.51. The van der Waals surface area contributed by atoms with Crippen molar-refractivity contribution in [3.8, 4) is 0 Å². The van der Waals surface area contributed by atoms with Crippen molar-refractivity contribution >= 4 is 28.2 Å². The van der Waals surface area contributed by atoms with Gasteiger partial charge in [-0.05, 0) is 67.9 Å². The van der Waals surface area contributed by atoms with Gasteiger partial charge in [-0.3, -0.25) is 9.00 Å². The molecule has 0 N–H and O–H groups in total. The van der Waals surface area contributed by atoms with Crippen LogP contribution in [-0.2, 0) is 21.3 Å². The summed E-state index contributed by atoms with van der Waals surface area (Å²) in [4.78, 5) is 16.9. The van der Waals surface area contributed by atoms with Gasteiger partial charge in [-0.1, -0.05) is 17.7 Å². The summed E-state index contributed by atoms with van der Waals surface area (Å²) in [7, 11) is -1.15. The topological polar surface area (TPSA) is 47.0 Å². The van der Waals surface area contributed by atoms with Crippen molar-refractivity contribution in [3.63, 3.8) is 0 Å². The molecule has 0 radical (unpaired) electrons. The Hall–Kier alpha value is -0.740. The second-order valence-electron chi connectivity index (χ2n) is 7.84. The highest BCUT2D eigenvalue weighted by Gasteiger charge is 2.54. The van der Waals surface area contributed by atoms with Gasteiger partial charge in [0.15, 0.2) is 5.78 Å². The van der Waals surface area contributed by atoms with Crippen molar-refractivity contribution in [2.24, 2.45) is 23.2 Å². The first-order chi connectivity index (χ1) is 11.0. The summed E-state index contributed by atoms with van der Waals surface area (Å²) in [6, 6.07) is 3.54. The van der Waals surface area contributed by atoms with Gasteiger partial charge in [-0.25, -0.2) is 4.98 Å². The van der Waals surface area contributed by atoms with Crippen molar-refractivity contribution in [1.29, 1.82) is 0 Å². The van der Waals surface area contributed by atoms with E-state index in [0.717, 1.165) is 42.6 Å². The van der Waals surface area contributed by atoms with E-state index in [9.17, 15) is 9.00 Å². The number of aromatic nitrogens is 1. The molecule has 4 saturated carbocycles. The van der Waals surface area contributed by atoms with E-state index in [0.29, 0.717) is 10.9 Å². The maximum atomic E-state index is 12.9. The zero-order chi connectivity index (χ0) is 16.0. The predicted molar refractivity (Wildman–Crippen MR) is 91.6 cm³/mol. The van der Waals surface area contributed by atoms with Gasteiger partial charge < -0.3 is 0 Å². The Morgan fingerprint density at radius 3 is 2.30 bits per heavy atom. The van der Waals surface area contributed by atoms with Gasteiger partial charge >= 0.3 is 0 Å². The Bertz CT molecular complexity index is 608. The molecule has 4 aliphatic rings. The maximum Gasteiger partial charge on any atom is 0.151 e. The van der Waals surface area contributed by atoms with E-state index in [4.69, 9.17) is 11.6 Å². The Labute approximate surface area is 144 Å². The average molecular weight is 352 g/mol. The Balaban J connectivity index is 1.41. The standard InChI is InChI=1S/C18H22ClNO2S/c19-17-2-1-12(9-20-17)10-23(22)11-16(21)18-6-13-3-14(7-18)5-15(4-13)8-18/h1-2,9,13-15H,3-8,10-11H2. The van der Waals surface area contributed by atoms with Crippen LogP contribution in [0.15, 0.2) is 18.3 Å². The lowest BCUT2D eigenvalue weighted by molar-refractivity contribution is -0.141. The van der Waals surface area contributed by atoms with Crippen LogP contribution in [-0.4, -0.2) is 20.7 Å². The van der Waals surface area contributed by atoms with Crippen molar-refractivity contribution in [2.45, 2.75) is 44.3 Å². The number of rotatable bonds is 5. The maximum absolute atomic E-state index is 12.9. The summed E-state index contributed by atoms with van der Waals surface area (Å²) < 4.78 is 12.4. The number of pyridine rings is 1. The van der Waals surface area contributed by atoms with E-state index >= 15 is 0 Å². The second kappa shape index (κ2) is 5.96. The molecule has 1 aromatic heterocycles. The highest BCUT2D eigenvalue weighted by atomic mass is 35.5. The van der Waals surface area contributed by atoms with Crippen LogP contribution in [0.4, 0.5) is 0 Å². The molecule has 1 unspecified atom stereocenters. The van der Waals surface area contributed by atoms with E-state index in [-0.39, 0.29) is 17.0 Å². The molecule has 0 spiro atoms. The van der Waals surface area contributed by atoms with Crippen LogP contribution < -0.4 is 0 Å². The lowest BCUT2D eigenvalue weighted by Crippen LogP contribution is -2.51. The number of nitrogens with zero attached hydrogens (tertiary/aromatic N) is 1. The zero-order valence-electron chi connectivity index (χ0n) is 13.2. The smallest absolute Gasteiger partial charge is 0.151 e. The average Bonchev–Trinajstić information content (AvgIpc) is 2.48. The minimum Gasteiger partial charge on any atom is -0.298 e. The number of hydrogen-bond acceptors (Lipinski definition) is 3. The molecule has 1 atom stereocenters. The number of Topliss-reactive ketones (excluding diaryl/α,β-unsaturated/α-hetero) is 1. The van der Waals surface area contributed by atoms with E-state index < -0.39 is 10.8 Å². The van der Waals surface area contributed by atoms with Crippen molar-refractivity contribution in [1.82, 2.24) is 4.98 Å². The molecular formula is C18H22ClNO2S. The largest absolute Gasteiger partial charge is 0.298 e. The Kier molecular flexibility index (Phi) is 4.09. The first-order valence-corrected chi connectivity index (χ1v) is 10.4.